The lowest BCUT2D eigenvalue weighted by Gasteiger charge is -2.26. The molecule has 0 N–H and O–H groups in total. The first-order valence-corrected chi connectivity index (χ1v) is 17.6. The molecule has 2 nitrogen and oxygen atoms in total. The van der Waals surface area contributed by atoms with Gasteiger partial charge in [0.25, 0.3) is 0 Å². The third-order valence-corrected chi connectivity index (χ3v) is 9.84. The quantitative estimate of drug-likeness (QED) is 0.165. The van der Waals surface area contributed by atoms with Gasteiger partial charge in [0, 0.05) is 27.8 Å². The fourth-order valence-corrected chi connectivity index (χ4v) is 7.10. The number of fused-ring (bicyclic) bond motifs is 4. The second-order valence-electron chi connectivity index (χ2n) is 13.1. The molecule has 0 amide bonds. The van der Waals surface area contributed by atoms with E-state index in [1.807, 2.05) is 59.5 Å². The minimum absolute atomic E-state index is 0.104. The first-order valence-electron chi connectivity index (χ1n) is 22.6. The maximum absolute atomic E-state index is 8.53. The van der Waals surface area contributed by atoms with Crippen molar-refractivity contribution < 1.29 is 18.1 Å². The molecule has 0 saturated carbocycles. The molecular formula is C52H35NO. The molecule has 1 heterocycles. The average Bonchev–Trinajstić information content (AvgIpc) is 3.70. The number of hydrogen-bond donors (Lipinski definition) is 0. The maximum atomic E-state index is 8.53. The summed E-state index contributed by atoms with van der Waals surface area (Å²) in [5.41, 5.74) is 9.43. The summed E-state index contributed by atoms with van der Waals surface area (Å²) in [4.78, 5) is 2.01. The highest BCUT2D eigenvalue weighted by molar-refractivity contribution is 6.06. The summed E-state index contributed by atoms with van der Waals surface area (Å²) in [6.45, 7) is 0. The number of rotatable bonds is 7. The van der Waals surface area contributed by atoms with Crippen LogP contribution in [0.4, 0.5) is 17.1 Å². The van der Waals surface area contributed by atoms with E-state index in [0.29, 0.717) is 22.5 Å². The van der Waals surface area contributed by atoms with Crippen LogP contribution in [-0.4, -0.2) is 0 Å². The van der Waals surface area contributed by atoms with Gasteiger partial charge in [0.2, 0.25) is 0 Å². The molecule has 0 unspecified atom stereocenters. The third-order valence-electron chi connectivity index (χ3n) is 9.84. The molecule has 0 aliphatic heterocycles. The van der Waals surface area contributed by atoms with Crippen LogP contribution in [0.5, 0.6) is 0 Å². The highest BCUT2D eigenvalue weighted by atomic mass is 16.3. The van der Waals surface area contributed by atoms with Gasteiger partial charge in [0.1, 0.15) is 11.2 Å². The van der Waals surface area contributed by atoms with Crippen LogP contribution < -0.4 is 4.90 Å². The summed E-state index contributed by atoms with van der Waals surface area (Å²) in [5.74, 6) is 0. The van der Waals surface area contributed by atoms with E-state index >= 15 is 0 Å². The predicted molar refractivity (Wildman–Crippen MR) is 228 cm³/mol. The monoisotopic (exact) mass is 699 g/mol. The van der Waals surface area contributed by atoms with Crippen LogP contribution in [-0.2, 0) is 0 Å². The van der Waals surface area contributed by atoms with Gasteiger partial charge in [0.15, 0.2) is 0 Å². The van der Waals surface area contributed by atoms with Gasteiger partial charge in [-0.05, 0) is 116 Å². The van der Waals surface area contributed by atoms with Crippen molar-refractivity contribution in [1.29, 1.82) is 0 Å². The number of benzene rings is 9. The highest BCUT2D eigenvalue weighted by Crippen LogP contribution is 2.39. The van der Waals surface area contributed by atoms with Crippen molar-refractivity contribution in [2.75, 3.05) is 4.90 Å². The van der Waals surface area contributed by atoms with Gasteiger partial charge >= 0.3 is 0 Å². The summed E-state index contributed by atoms with van der Waals surface area (Å²) < 4.78 is 89.0. The van der Waals surface area contributed by atoms with Crippen LogP contribution in [0.15, 0.2) is 217 Å². The first kappa shape index (κ1) is 22.7. The molecule has 9 aromatic carbocycles. The van der Waals surface area contributed by atoms with Gasteiger partial charge < -0.3 is 9.32 Å². The molecule has 54 heavy (non-hydrogen) atoms. The number of hydrogen-bond acceptors (Lipinski definition) is 2. The van der Waals surface area contributed by atoms with Crippen molar-refractivity contribution in [3.8, 4) is 44.5 Å². The summed E-state index contributed by atoms with van der Waals surface area (Å²) in [7, 11) is 0. The van der Waals surface area contributed by atoms with Gasteiger partial charge in [-0.2, -0.15) is 0 Å². The zero-order valence-corrected chi connectivity index (χ0v) is 28.8. The lowest BCUT2D eigenvalue weighted by Crippen LogP contribution is -2.09. The van der Waals surface area contributed by atoms with Gasteiger partial charge in [-0.1, -0.05) is 151 Å². The maximum Gasteiger partial charge on any atom is 0.135 e. The van der Waals surface area contributed by atoms with E-state index < -0.39 is 36.3 Å². The minimum Gasteiger partial charge on any atom is -0.456 e. The van der Waals surface area contributed by atoms with Crippen LogP contribution in [0.3, 0.4) is 0 Å². The number of furan rings is 1. The Hall–Kier alpha value is -7.16. The van der Waals surface area contributed by atoms with E-state index in [0.717, 1.165) is 60.7 Å². The van der Waals surface area contributed by atoms with Gasteiger partial charge in [0.05, 0.1) is 13.7 Å². The molecule has 0 bridgehead atoms. The van der Waals surface area contributed by atoms with Crippen LogP contribution in [0.25, 0.3) is 77.2 Å². The van der Waals surface area contributed by atoms with E-state index in [2.05, 4.69) is 72.8 Å². The molecule has 10 aromatic rings. The van der Waals surface area contributed by atoms with E-state index in [-0.39, 0.29) is 35.3 Å². The smallest absolute Gasteiger partial charge is 0.135 e. The van der Waals surface area contributed by atoms with Crippen molar-refractivity contribution >= 4 is 49.8 Å². The summed E-state index contributed by atoms with van der Waals surface area (Å²) in [6, 6.07) is 45.9. The Kier molecular flexibility index (Phi) is 5.65. The largest absolute Gasteiger partial charge is 0.456 e. The summed E-state index contributed by atoms with van der Waals surface area (Å²) >= 11 is 0. The van der Waals surface area contributed by atoms with Crippen molar-refractivity contribution in [2.24, 2.45) is 0 Å². The molecule has 0 radical (unpaired) electrons. The molecular weight excluding hydrogens is 655 g/mol. The Labute approximate surface area is 328 Å². The Morgan fingerprint density at radius 2 is 0.778 bits per heavy atom. The Bertz CT molecular complexity index is 3320. The van der Waals surface area contributed by atoms with E-state index in [1.54, 1.807) is 24.3 Å². The van der Waals surface area contributed by atoms with Crippen LogP contribution in [0.2, 0.25) is 0 Å². The zero-order valence-electron chi connectivity index (χ0n) is 38.8. The summed E-state index contributed by atoms with van der Waals surface area (Å²) in [5, 5.41) is 4.18. The second kappa shape index (κ2) is 13.4. The van der Waals surface area contributed by atoms with Gasteiger partial charge in [-0.15, -0.1) is 0 Å². The number of para-hydroxylation sites is 1. The fourth-order valence-electron chi connectivity index (χ4n) is 7.10. The molecule has 0 aliphatic rings. The topological polar surface area (TPSA) is 16.4 Å². The van der Waals surface area contributed by atoms with Crippen molar-refractivity contribution in [2.45, 2.75) is 0 Å². The molecule has 2 heteroatoms. The lowest BCUT2D eigenvalue weighted by atomic mass is 9.97. The molecule has 1 aromatic heterocycles. The lowest BCUT2D eigenvalue weighted by molar-refractivity contribution is 0.669. The minimum atomic E-state index is -0.455. The second-order valence-corrected chi connectivity index (χ2v) is 13.1. The number of anilines is 3. The average molecular weight is 700 g/mol. The molecule has 0 aliphatic carbocycles. The Morgan fingerprint density at radius 1 is 0.333 bits per heavy atom. The van der Waals surface area contributed by atoms with Crippen LogP contribution in [0.1, 0.15) is 13.7 Å². The molecule has 0 atom stereocenters. The molecule has 0 saturated heterocycles. The molecule has 10 rings (SSSR count). The van der Waals surface area contributed by atoms with Crippen molar-refractivity contribution in [3.63, 3.8) is 0 Å². The molecule has 254 valence electrons. The van der Waals surface area contributed by atoms with E-state index in [4.69, 9.17) is 18.1 Å². The summed E-state index contributed by atoms with van der Waals surface area (Å²) in [6.07, 6.45) is 0. The van der Waals surface area contributed by atoms with Crippen LogP contribution in [0, 0.1) is 0 Å². The van der Waals surface area contributed by atoms with Gasteiger partial charge in [-0.25, -0.2) is 0 Å². The normalized spacial score (nSPS) is 13.9. The van der Waals surface area contributed by atoms with Gasteiger partial charge in [-0.3, -0.25) is 0 Å². The third kappa shape index (κ3) is 5.90. The van der Waals surface area contributed by atoms with Crippen molar-refractivity contribution in [1.82, 2.24) is 0 Å². The molecule has 0 spiro atoms. The van der Waals surface area contributed by atoms with Crippen molar-refractivity contribution in [3.05, 3.63) is 212 Å². The highest BCUT2D eigenvalue weighted by Gasteiger charge is 2.15. The number of nitrogens with zero attached hydrogens (tertiary/aromatic N) is 1. The zero-order chi connectivity index (χ0) is 44.6. The van der Waals surface area contributed by atoms with Crippen LogP contribution >= 0.6 is 0 Å². The Morgan fingerprint density at radius 3 is 1.41 bits per heavy atom. The predicted octanol–water partition coefficient (Wildman–Crippen LogP) is 14.9. The fraction of sp³-hybridized carbons (Fsp3) is 0. The standard InChI is InChI=1S/C52H35NO/c1-3-9-36(10-4-1)38-21-27-46(28-22-38)53(47-29-23-39(24-30-47)37-11-5-2-6-12-37)48-31-25-43-33-42(19-20-44(43)34-48)40-15-17-41(18-16-40)45-26-32-52-50(35-45)49-13-7-8-14-51(49)54-52/h1-35H/i1D,2D,3D,4D,5D,6D,9D,10D,11D,12D. The van der Waals surface area contributed by atoms with E-state index in [9.17, 15) is 0 Å². The Balaban J connectivity index is 1.01. The van der Waals surface area contributed by atoms with E-state index in [1.165, 1.54) is 0 Å². The SMILES string of the molecule is [2H]c1c([2H])c([2H])c(-c2ccc(N(c3ccc(-c4c([2H])c([2H])c([2H])c([2H])c4[2H])cc3)c3ccc4cc(-c5ccc(-c6ccc7oc8ccccc8c7c6)cc5)ccc4c3)cc2)c([2H])c1[2H]. The first-order chi connectivity index (χ1) is 30.9. The molecule has 0 fully saturated rings.